The second-order valence-corrected chi connectivity index (χ2v) is 8.12. The summed E-state index contributed by atoms with van der Waals surface area (Å²) in [6.45, 7) is 0. The fraction of sp³-hybridized carbons (Fsp3) is 0.0455. The Morgan fingerprint density at radius 1 is 0.941 bits per heavy atom. The Morgan fingerprint density at radius 2 is 1.74 bits per heavy atom. The molecule has 0 saturated carbocycles. The number of aromatic nitrogens is 4. The molecule has 1 amide bonds. The van der Waals surface area contributed by atoms with Crippen LogP contribution < -0.4 is 5.32 Å². The van der Waals surface area contributed by atoms with Gasteiger partial charge in [0.1, 0.15) is 17.2 Å². The number of H-pyrrole nitrogens is 2. The monoisotopic (exact) mass is 507 g/mol. The first-order chi connectivity index (χ1) is 16.1. The van der Waals surface area contributed by atoms with Crippen molar-refractivity contribution in [1.29, 1.82) is 0 Å². The van der Waals surface area contributed by atoms with Crippen molar-refractivity contribution in [2.75, 3.05) is 5.32 Å². The highest BCUT2D eigenvalue weighted by molar-refractivity contribution is 6.36. The van der Waals surface area contributed by atoms with Gasteiger partial charge < -0.3 is 9.97 Å². The Morgan fingerprint density at radius 3 is 2.47 bits per heavy atom. The van der Waals surface area contributed by atoms with Gasteiger partial charge in [0.15, 0.2) is 0 Å². The molecule has 172 valence electrons. The van der Waals surface area contributed by atoms with Gasteiger partial charge in [-0.1, -0.05) is 29.3 Å². The summed E-state index contributed by atoms with van der Waals surface area (Å²) in [5.41, 5.74) is 0.341. The molecule has 0 aliphatic carbocycles. The van der Waals surface area contributed by atoms with Crippen LogP contribution in [0.25, 0.3) is 33.5 Å². The molecule has 0 fully saturated rings. The number of anilines is 1. The van der Waals surface area contributed by atoms with Gasteiger partial charge in [-0.15, -0.1) is 0 Å². The van der Waals surface area contributed by atoms with Gasteiger partial charge in [0.25, 0.3) is 5.91 Å². The first-order valence-corrected chi connectivity index (χ1v) is 10.4. The lowest BCUT2D eigenvalue weighted by atomic mass is 10.2. The maximum atomic E-state index is 14.3. The smallest absolute Gasteiger partial charge is 0.338 e. The number of carbonyl (C=O) groups is 1. The number of nitrogens with one attached hydrogen (secondary N) is 3. The van der Waals surface area contributed by atoms with Gasteiger partial charge in [0.05, 0.1) is 37.7 Å². The standard InChI is InChI=1S/C22H11Cl2F4N5O/c23-11-2-1-3-13(25)17(11)19-29-16-7-9(6-12(24)18(16)32-19)20(34)33-21-30-14-5-4-10(22(26,27)28)8-15(14)31-21/h1-8H,(H,29,32)(H2,30,31,33,34). The minimum Gasteiger partial charge on any atom is -0.338 e. The lowest BCUT2D eigenvalue weighted by molar-refractivity contribution is -0.137. The van der Waals surface area contributed by atoms with Crippen LogP contribution in [0.1, 0.15) is 15.9 Å². The number of nitrogens with zero attached hydrogens (tertiary/aromatic N) is 2. The molecule has 3 aromatic carbocycles. The van der Waals surface area contributed by atoms with E-state index in [0.29, 0.717) is 11.0 Å². The first-order valence-electron chi connectivity index (χ1n) is 9.62. The average Bonchev–Trinajstić information content (AvgIpc) is 3.36. The molecule has 5 aromatic rings. The van der Waals surface area contributed by atoms with Gasteiger partial charge in [0, 0.05) is 5.56 Å². The largest absolute Gasteiger partial charge is 0.416 e. The number of aromatic amines is 2. The molecule has 0 spiro atoms. The molecule has 0 saturated heterocycles. The summed E-state index contributed by atoms with van der Waals surface area (Å²) in [5.74, 6) is -1.12. The highest BCUT2D eigenvalue weighted by atomic mass is 35.5. The Bertz CT molecular complexity index is 1570. The number of carbonyl (C=O) groups excluding carboxylic acids is 1. The fourth-order valence-corrected chi connectivity index (χ4v) is 3.99. The minimum atomic E-state index is -4.51. The van der Waals surface area contributed by atoms with Crippen LogP contribution in [0.3, 0.4) is 0 Å². The predicted octanol–water partition coefficient (Wildman–Crippen LogP) is 6.82. The van der Waals surface area contributed by atoms with Crippen LogP contribution in [0.15, 0.2) is 48.5 Å². The fourth-order valence-electron chi connectivity index (χ4n) is 3.47. The average molecular weight is 508 g/mol. The molecule has 0 unspecified atom stereocenters. The summed E-state index contributed by atoms with van der Waals surface area (Å²) in [5, 5.41) is 2.76. The molecule has 3 N–H and O–H groups in total. The highest BCUT2D eigenvalue weighted by Gasteiger charge is 2.30. The second kappa shape index (κ2) is 8.00. The Labute approximate surface area is 197 Å². The van der Waals surface area contributed by atoms with Crippen LogP contribution in [0, 0.1) is 5.82 Å². The van der Waals surface area contributed by atoms with Gasteiger partial charge in [-0.25, -0.2) is 14.4 Å². The lowest BCUT2D eigenvalue weighted by Crippen LogP contribution is -2.13. The quantitative estimate of drug-likeness (QED) is 0.234. The van der Waals surface area contributed by atoms with E-state index in [1.54, 1.807) is 0 Å². The molecule has 6 nitrogen and oxygen atoms in total. The Kier molecular flexibility index (Phi) is 5.22. The van der Waals surface area contributed by atoms with E-state index >= 15 is 0 Å². The van der Waals surface area contributed by atoms with Gasteiger partial charge in [-0.3, -0.25) is 10.1 Å². The Balaban J connectivity index is 1.47. The molecule has 0 atom stereocenters. The molecule has 34 heavy (non-hydrogen) atoms. The number of fused-ring (bicyclic) bond motifs is 2. The highest BCUT2D eigenvalue weighted by Crippen LogP contribution is 2.33. The van der Waals surface area contributed by atoms with Crippen molar-refractivity contribution in [2.24, 2.45) is 0 Å². The van der Waals surface area contributed by atoms with Gasteiger partial charge in [-0.2, -0.15) is 13.2 Å². The van der Waals surface area contributed by atoms with E-state index in [1.807, 2.05) is 0 Å². The van der Waals surface area contributed by atoms with Crippen LogP contribution in [-0.4, -0.2) is 25.8 Å². The van der Waals surface area contributed by atoms with Gasteiger partial charge >= 0.3 is 6.18 Å². The summed E-state index contributed by atoms with van der Waals surface area (Å²) in [6, 6.07) is 10.0. The lowest BCUT2D eigenvalue weighted by Gasteiger charge is -2.05. The summed E-state index contributed by atoms with van der Waals surface area (Å²) in [7, 11) is 0. The van der Waals surface area contributed by atoms with Crippen molar-refractivity contribution in [3.8, 4) is 11.4 Å². The zero-order chi connectivity index (χ0) is 24.2. The normalized spacial score (nSPS) is 11.9. The molecule has 0 bridgehead atoms. The van der Waals surface area contributed by atoms with E-state index in [0.717, 1.165) is 12.1 Å². The van der Waals surface area contributed by atoms with E-state index in [1.165, 1.54) is 36.4 Å². The van der Waals surface area contributed by atoms with Crippen molar-refractivity contribution in [3.63, 3.8) is 0 Å². The molecular formula is C22H11Cl2F4N5O. The van der Waals surface area contributed by atoms with Crippen molar-refractivity contribution in [1.82, 2.24) is 19.9 Å². The molecule has 0 radical (unpaired) electrons. The van der Waals surface area contributed by atoms with Crippen molar-refractivity contribution >= 4 is 57.1 Å². The third-order valence-corrected chi connectivity index (χ3v) is 5.65. The maximum absolute atomic E-state index is 14.3. The van der Waals surface area contributed by atoms with Crippen LogP contribution in [0.5, 0.6) is 0 Å². The maximum Gasteiger partial charge on any atom is 0.416 e. The van der Waals surface area contributed by atoms with E-state index in [9.17, 15) is 22.4 Å². The summed E-state index contributed by atoms with van der Waals surface area (Å²) in [4.78, 5) is 26.7. The van der Waals surface area contributed by atoms with Crippen molar-refractivity contribution in [3.05, 3.63) is 75.5 Å². The van der Waals surface area contributed by atoms with E-state index in [2.05, 4.69) is 25.3 Å². The van der Waals surface area contributed by atoms with Gasteiger partial charge in [0.2, 0.25) is 5.95 Å². The molecule has 12 heteroatoms. The number of benzene rings is 3. The number of halogens is 6. The zero-order valence-electron chi connectivity index (χ0n) is 16.7. The van der Waals surface area contributed by atoms with Crippen LogP contribution in [0.4, 0.5) is 23.5 Å². The molecule has 2 aromatic heterocycles. The second-order valence-electron chi connectivity index (χ2n) is 7.31. The summed E-state index contributed by atoms with van der Waals surface area (Å²) in [6.07, 6.45) is -4.51. The number of imidazole rings is 2. The minimum absolute atomic E-state index is 0.0426. The van der Waals surface area contributed by atoms with E-state index in [4.69, 9.17) is 23.2 Å². The number of hydrogen-bond donors (Lipinski definition) is 3. The van der Waals surface area contributed by atoms with E-state index < -0.39 is 23.5 Å². The summed E-state index contributed by atoms with van der Waals surface area (Å²) < 4.78 is 53.0. The third-order valence-electron chi connectivity index (χ3n) is 5.04. The number of hydrogen-bond acceptors (Lipinski definition) is 3. The molecular weight excluding hydrogens is 497 g/mol. The van der Waals surface area contributed by atoms with Crippen LogP contribution in [0.2, 0.25) is 10.0 Å². The number of amides is 1. The predicted molar refractivity (Wildman–Crippen MR) is 121 cm³/mol. The third kappa shape index (κ3) is 3.95. The van der Waals surface area contributed by atoms with Crippen LogP contribution in [-0.2, 0) is 6.18 Å². The number of alkyl halides is 3. The molecule has 5 rings (SSSR count). The summed E-state index contributed by atoms with van der Waals surface area (Å²) >= 11 is 12.4. The van der Waals surface area contributed by atoms with Crippen molar-refractivity contribution < 1.29 is 22.4 Å². The molecule has 2 heterocycles. The zero-order valence-corrected chi connectivity index (χ0v) is 18.2. The van der Waals surface area contributed by atoms with Crippen LogP contribution >= 0.6 is 23.2 Å². The SMILES string of the molecule is O=C(Nc1nc2ccc(C(F)(F)F)cc2[nH]1)c1cc(Cl)c2nc(-c3c(F)cccc3Cl)[nH]c2c1. The number of rotatable bonds is 3. The molecule has 0 aliphatic rings. The van der Waals surface area contributed by atoms with Crippen molar-refractivity contribution in [2.45, 2.75) is 6.18 Å². The van der Waals surface area contributed by atoms with E-state index in [-0.39, 0.29) is 44.0 Å². The molecule has 0 aliphatic heterocycles. The topological polar surface area (TPSA) is 86.5 Å². The Hall–Kier alpha value is -3.63. The first kappa shape index (κ1) is 22.2. The van der Waals surface area contributed by atoms with Gasteiger partial charge in [-0.05, 0) is 42.5 Å².